The van der Waals surface area contributed by atoms with E-state index in [-0.39, 0.29) is 0 Å². The normalized spacial score (nSPS) is 15.1. The van der Waals surface area contributed by atoms with Crippen molar-refractivity contribution in [2.75, 3.05) is 5.32 Å². The zero-order chi connectivity index (χ0) is 24.2. The maximum atomic E-state index is 13.2. The molecule has 35 heavy (non-hydrogen) atoms. The van der Waals surface area contributed by atoms with Gasteiger partial charge in [-0.1, -0.05) is 84.0 Å². The summed E-state index contributed by atoms with van der Waals surface area (Å²) >= 11 is 0. The van der Waals surface area contributed by atoms with Gasteiger partial charge in [0.25, 0.3) is 5.56 Å². The number of aromatic amines is 1. The van der Waals surface area contributed by atoms with E-state index in [4.69, 9.17) is 4.84 Å². The van der Waals surface area contributed by atoms with Gasteiger partial charge in [-0.25, -0.2) is 9.36 Å². The van der Waals surface area contributed by atoms with Gasteiger partial charge in [-0.15, -0.1) is 0 Å². The van der Waals surface area contributed by atoms with Crippen LogP contribution in [-0.4, -0.2) is 15.8 Å². The number of anilines is 1. The van der Waals surface area contributed by atoms with Gasteiger partial charge in [-0.3, -0.25) is 9.78 Å². The van der Waals surface area contributed by atoms with Gasteiger partial charge in [0.15, 0.2) is 0 Å². The quantitative estimate of drug-likeness (QED) is 0.323. The Hall–Kier alpha value is -4.65. The molecule has 0 saturated heterocycles. The van der Waals surface area contributed by atoms with E-state index in [2.05, 4.69) is 15.5 Å². The number of allylic oxidation sites excluding steroid dienone is 2. The zero-order valence-corrected chi connectivity index (χ0v) is 19.1. The summed E-state index contributed by atoms with van der Waals surface area (Å²) < 4.78 is 1.50. The molecule has 1 atom stereocenters. The lowest BCUT2D eigenvalue weighted by Gasteiger charge is -2.30. The van der Waals surface area contributed by atoms with E-state index < -0.39 is 17.2 Å². The predicted octanol–water partition coefficient (Wildman–Crippen LogP) is 4.56. The molecule has 0 bridgehead atoms. The molecule has 7 heteroatoms. The molecule has 2 heterocycles. The molecule has 1 aliphatic rings. The zero-order valence-electron chi connectivity index (χ0n) is 19.1. The molecule has 1 unspecified atom stereocenters. The van der Waals surface area contributed by atoms with Crippen LogP contribution in [-0.2, 0) is 11.4 Å². The van der Waals surface area contributed by atoms with Crippen molar-refractivity contribution in [3.05, 3.63) is 140 Å². The highest BCUT2D eigenvalue weighted by Gasteiger charge is 2.32. The van der Waals surface area contributed by atoms with Crippen LogP contribution in [0.2, 0.25) is 0 Å². The first-order chi connectivity index (χ1) is 17.1. The topological polar surface area (TPSA) is 88.5 Å². The molecule has 1 aromatic heterocycles. The third kappa shape index (κ3) is 4.44. The fraction of sp³-hybridized carbons (Fsp3) is 0.107. The average Bonchev–Trinajstić information content (AvgIpc) is 2.88. The Morgan fingerprint density at radius 1 is 0.914 bits per heavy atom. The highest BCUT2D eigenvalue weighted by Crippen LogP contribution is 2.39. The Morgan fingerprint density at radius 2 is 1.54 bits per heavy atom. The molecule has 4 aromatic rings. The number of fused-ring (bicyclic) bond motifs is 1. The SMILES string of the molecule is CC1=C(/C=N/OCc2ccccc2)C(c2ccccc2)c2c(n(-c3ccccc3)c(=O)[nH]c2=O)N1. The van der Waals surface area contributed by atoms with Crippen molar-refractivity contribution in [2.24, 2.45) is 5.16 Å². The molecule has 2 N–H and O–H groups in total. The molecule has 0 aliphatic carbocycles. The van der Waals surface area contributed by atoms with Crippen LogP contribution < -0.4 is 16.6 Å². The first-order valence-corrected chi connectivity index (χ1v) is 11.3. The Morgan fingerprint density at radius 3 is 2.23 bits per heavy atom. The highest BCUT2D eigenvalue weighted by molar-refractivity contribution is 5.86. The van der Waals surface area contributed by atoms with E-state index in [1.165, 1.54) is 4.57 Å². The van der Waals surface area contributed by atoms with Crippen molar-refractivity contribution in [1.82, 2.24) is 9.55 Å². The largest absolute Gasteiger partial charge is 0.391 e. The summed E-state index contributed by atoms with van der Waals surface area (Å²) in [4.78, 5) is 34.2. The molecule has 3 aromatic carbocycles. The van der Waals surface area contributed by atoms with Crippen molar-refractivity contribution in [3.63, 3.8) is 0 Å². The third-order valence-corrected chi connectivity index (χ3v) is 5.97. The van der Waals surface area contributed by atoms with E-state index >= 15 is 0 Å². The smallest absolute Gasteiger partial charge is 0.334 e. The Bertz CT molecular complexity index is 1510. The second-order valence-electron chi connectivity index (χ2n) is 8.24. The van der Waals surface area contributed by atoms with Gasteiger partial charge < -0.3 is 10.2 Å². The lowest BCUT2D eigenvalue weighted by Crippen LogP contribution is -2.37. The van der Waals surface area contributed by atoms with E-state index in [0.717, 1.165) is 22.4 Å². The maximum Gasteiger partial charge on any atom is 0.334 e. The molecular formula is C28H24N4O3. The van der Waals surface area contributed by atoms with Gasteiger partial charge in [0, 0.05) is 17.2 Å². The number of nitrogens with one attached hydrogen (secondary N) is 2. The second kappa shape index (κ2) is 9.69. The number of nitrogens with zero attached hydrogens (tertiary/aromatic N) is 2. The summed E-state index contributed by atoms with van der Waals surface area (Å²) in [7, 11) is 0. The summed E-state index contributed by atoms with van der Waals surface area (Å²) in [6.45, 7) is 2.23. The number of benzene rings is 3. The minimum Gasteiger partial charge on any atom is -0.391 e. The molecular weight excluding hydrogens is 440 g/mol. The summed E-state index contributed by atoms with van der Waals surface area (Å²) in [5.74, 6) is -0.00510. The number of rotatable bonds is 6. The van der Waals surface area contributed by atoms with E-state index in [1.807, 2.05) is 97.9 Å². The van der Waals surface area contributed by atoms with Crippen LogP contribution in [0.5, 0.6) is 0 Å². The molecule has 174 valence electrons. The van der Waals surface area contributed by atoms with Crippen molar-refractivity contribution in [1.29, 1.82) is 0 Å². The average molecular weight is 465 g/mol. The Balaban J connectivity index is 1.61. The van der Waals surface area contributed by atoms with Gasteiger partial charge >= 0.3 is 5.69 Å². The minimum absolute atomic E-state index is 0.331. The lowest BCUT2D eigenvalue weighted by molar-refractivity contribution is 0.132. The number of aromatic nitrogens is 2. The highest BCUT2D eigenvalue weighted by atomic mass is 16.6. The van der Waals surface area contributed by atoms with Gasteiger partial charge in [-0.05, 0) is 30.2 Å². The van der Waals surface area contributed by atoms with Crippen LogP contribution in [0.1, 0.15) is 29.5 Å². The van der Waals surface area contributed by atoms with Gasteiger partial charge in [0.1, 0.15) is 12.4 Å². The van der Waals surface area contributed by atoms with Crippen LogP contribution in [0.3, 0.4) is 0 Å². The number of para-hydroxylation sites is 1. The van der Waals surface area contributed by atoms with Crippen LogP contribution >= 0.6 is 0 Å². The maximum absolute atomic E-state index is 13.2. The Labute approximate surface area is 202 Å². The van der Waals surface area contributed by atoms with Crippen LogP contribution in [0.4, 0.5) is 5.82 Å². The number of H-pyrrole nitrogens is 1. The third-order valence-electron chi connectivity index (χ3n) is 5.97. The minimum atomic E-state index is -0.504. The second-order valence-corrected chi connectivity index (χ2v) is 8.24. The molecule has 0 radical (unpaired) electrons. The molecule has 1 aliphatic heterocycles. The number of hydrogen-bond donors (Lipinski definition) is 2. The summed E-state index contributed by atoms with van der Waals surface area (Å²) in [6.07, 6.45) is 1.64. The van der Waals surface area contributed by atoms with Crippen molar-refractivity contribution in [3.8, 4) is 5.69 Å². The van der Waals surface area contributed by atoms with Crippen molar-refractivity contribution >= 4 is 12.0 Å². The van der Waals surface area contributed by atoms with E-state index in [1.54, 1.807) is 6.21 Å². The molecule has 5 rings (SSSR count). The molecule has 7 nitrogen and oxygen atoms in total. The molecule has 0 amide bonds. The number of oxime groups is 1. The molecule has 0 spiro atoms. The van der Waals surface area contributed by atoms with E-state index in [9.17, 15) is 9.59 Å². The number of hydrogen-bond acceptors (Lipinski definition) is 5. The molecule has 0 saturated carbocycles. The van der Waals surface area contributed by atoms with Crippen molar-refractivity contribution in [2.45, 2.75) is 19.4 Å². The standard InChI is InChI=1S/C28H24N4O3/c1-19-23(17-29-35-18-20-11-5-2-6-12-20)24(21-13-7-3-8-14-21)25-26(30-19)32(28(34)31-27(25)33)22-15-9-4-10-16-22/h2-17,24,30H,18H2,1H3,(H,31,33,34)/b29-17+. The first-order valence-electron chi connectivity index (χ1n) is 11.3. The summed E-state index contributed by atoms with van der Waals surface area (Å²) in [5, 5.41) is 7.51. The summed E-state index contributed by atoms with van der Waals surface area (Å²) in [6, 6.07) is 28.7. The predicted molar refractivity (Wildman–Crippen MR) is 137 cm³/mol. The van der Waals surface area contributed by atoms with Crippen LogP contribution in [0.15, 0.2) is 117 Å². The van der Waals surface area contributed by atoms with Crippen LogP contribution in [0, 0.1) is 0 Å². The lowest BCUT2D eigenvalue weighted by atomic mass is 9.83. The monoisotopic (exact) mass is 464 g/mol. The van der Waals surface area contributed by atoms with E-state index in [0.29, 0.717) is 23.7 Å². The Kier molecular flexibility index (Phi) is 6.13. The molecule has 0 fully saturated rings. The van der Waals surface area contributed by atoms with Gasteiger partial charge in [0.2, 0.25) is 0 Å². The fourth-order valence-electron chi connectivity index (χ4n) is 4.33. The van der Waals surface area contributed by atoms with Crippen molar-refractivity contribution < 1.29 is 4.84 Å². The van der Waals surface area contributed by atoms with Gasteiger partial charge in [0.05, 0.1) is 17.5 Å². The van der Waals surface area contributed by atoms with Crippen LogP contribution in [0.25, 0.3) is 5.69 Å². The first kappa shape index (κ1) is 22.2. The summed E-state index contributed by atoms with van der Waals surface area (Å²) in [5.41, 5.74) is 3.61. The van der Waals surface area contributed by atoms with Gasteiger partial charge in [-0.2, -0.15) is 0 Å². The fourth-order valence-corrected chi connectivity index (χ4v) is 4.33.